The average Bonchev–Trinajstić information content (AvgIpc) is 3.14. The molecule has 1 atom stereocenters. The van der Waals surface area contributed by atoms with Crippen LogP contribution in [0.25, 0.3) is 0 Å². The third kappa shape index (κ3) is 4.88. The van der Waals surface area contributed by atoms with Gasteiger partial charge in [0.15, 0.2) is 9.84 Å². The summed E-state index contributed by atoms with van der Waals surface area (Å²) in [6.45, 7) is -0.578. The number of rotatable bonds is 7. The molecule has 3 N–H and O–H groups in total. The van der Waals surface area contributed by atoms with Crippen LogP contribution < -0.4 is 10.6 Å². The predicted molar refractivity (Wildman–Crippen MR) is 93.8 cm³/mol. The summed E-state index contributed by atoms with van der Waals surface area (Å²) in [4.78, 5) is 24.0. The fourth-order valence-electron chi connectivity index (χ4n) is 2.13. The molecule has 1 aromatic carbocycles. The number of benzene rings is 1. The van der Waals surface area contributed by atoms with Crippen LogP contribution in [0.2, 0.25) is 0 Å². The Bertz CT molecular complexity index is 804. The summed E-state index contributed by atoms with van der Waals surface area (Å²) in [6, 6.07) is 11.3. The zero-order valence-corrected chi connectivity index (χ0v) is 14.8. The zero-order chi connectivity index (χ0) is 18.3. The van der Waals surface area contributed by atoms with Gasteiger partial charge in [-0.25, -0.2) is 8.42 Å². The molecule has 0 fully saturated rings. The van der Waals surface area contributed by atoms with E-state index >= 15 is 0 Å². The van der Waals surface area contributed by atoms with Gasteiger partial charge in [-0.3, -0.25) is 9.59 Å². The first-order valence-electron chi connectivity index (χ1n) is 7.46. The Kier molecular flexibility index (Phi) is 6.68. The van der Waals surface area contributed by atoms with Gasteiger partial charge in [-0.2, -0.15) is 0 Å². The van der Waals surface area contributed by atoms with E-state index in [1.807, 2.05) is 0 Å². The van der Waals surface area contributed by atoms with Crippen molar-refractivity contribution in [3.05, 3.63) is 52.7 Å². The van der Waals surface area contributed by atoms with Crippen LogP contribution >= 0.6 is 11.3 Å². The lowest BCUT2D eigenvalue weighted by Gasteiger charge is -2.17. The Balaban J connectivity index is 2.18. The topological polar surface area (TPSA) is 113 Å². The van der Waals surface area contributed by atoms with Crippen LogP contribution in [0.1, 0.15) is 10.1 Å². The number of aliphatic hydroxyl groups is 1. The van der Waals surface area contributed by atoms with Crippen LogP contribution in [-0.2, 0) is 19.4 Å². The Hall–Kier alpha value is -2.23. The summed E-state index contributed by atoms with van der Waals surface area (Å²) in [5.41, 5.74) is 0. The summed E-state index contributed by atoms with van der Waals surface area (Å²) in [5, 5.41) is 14.0. The number of hydrogen-bond donors (Lipinski definition) is 3. The smallest absolute Gasteiger partial charge is 0.309 e. The first-order valence-corrected chi connectivity index (χ1v) is 9.88. The molecule has 0 unspecified atom stereocenters. The highest BCUT2D eigenvalue weighted by molar-refractivity contribution is 7.91. The van der Waals surface area contributed by atoms with E-state index in [0.29, 0.717) is 4.88 Å². The van der Waals surface area contributed by atoms with Gasteiger partial charge in [0.05, 0.1) is 11.5 Å². The van der Waals surface area contributed by atoms with Crippen LogP contribution in [0, 0.1) is 0 Å². The number of sulfone groups is 1. The average molecular weight is 382 g/mol. The van der Waals surface area contributed by atoms with Crippen LogP contribution in [0.4, 0.5) is 0 Å². The highest BCUT2D eigenvalue weighted by atomic mass is 32.2. The molecule has 0 aliphatic heterocycles. The van der Waals surface area contributed by atoms with Crippen LogP contribution in [0.15, 0.2) is 52.7 Å². The number of carbonyl (C=O) groups is 2. The fourth-order valence-corrected chi connectivity index (χ4v) is 4.93. The van der Waals surface area contributed by atoms with Crippen molar-refractivity contribution in [3.8, 4) is 0 Å². The third-order valence-electron chi connectivity index (χ3n) is 3.36. The van der Waals surface area contributed by atoms with E-state index in [0.717, 1.165) is 0 Å². The maximum absolute atomic E-state index is 12.9. The molecule has 2 amide bonds. The minimum absolute atomic E-state index is 0.0527. The SMILES string of the molecule is O=C(NCCO)C(=O)NC[C@H](c1cccs1)S(=O)(=O)c1ccccc1. The van der Waals surface area contributed by atoms with Gasteiger partial charge in [-0.05, 0) is 23.6 Å². The van der Waals surface area contributed by atoms with Crippen LogP contribution in [0.3, 0.4) is 0 Å². The molecule has 0 aliphatic rings. The summed E-state index contributed by atoms with van der Waals surface area (Å²) < 4.78 is 25.8. The fraction of sp³-hybridized carbons (Fsp3) is 0.250. The van der Waals surface area contributed by atoms with E-state index in [-0.39, 0.29) is 24.6 Å². The highest BCUT2D eigenvalue weighted by Gasteiger charge is 2.30. The molecule has 0 radical (unpaired) electrons. The minimum Gasteiger partial charge on any atom is -0.395 e. The summed E-state index contributed by atoms with van der Waals surface area (Å²) in [7, 11) is -3.74. The Labute approximate surface area is 149 Å². The molecule has 0 saturated carbocycles. The molecule has 0 aliphatic carbocycles. The Morgan fingerprint density at radius 1 is 1.04 bits per heavy atom. The van der Waals surface area contributed by atoms with Gasteiger partial charge in [-0.15, -0.1) is 11.3 Å². The molecule has 2 aromatic rings. The van der Waals surface area contributed by atoms with Gasteiger partial charge in [0.25, 0.3) is 0 Å². The molecule has 1 aromatic heterocycles. The van der Waals surface area contributed by atoms with Gasteiger partial charge < -0.3 is 15.7 Å². The predicted octanol–water partition coefficient (Wildman–Crippen LogP) is 0.488. The standard InChI is InChI=1S/C16H18N2O5S2/c19-9-8-17-15(20)16(21)18-11-14(13-7-4-10-24-13)25(22,23)12-5-2-1-3-6-12/h1-7,10,14,19H,8-9,11H2,(H,17,20)(H,18,21)/t14-/m1/s1. The van der Waals surface area contributed by atoms with Crippen molar-refractivity contribution in [2.45, 2.75) is 10.1 Å². The van der Waals surface area contributed by atoms with E-state index < -0.39 is 26.9 Å². The van der Waals surface area contributed by atoms with Gasteiger partial charge >= 0.3 is 11.8 Å². The molecule has 7 nitrogen and oxygen atoms in total. The van der Waals surface area contributed by atoms with Gasteiger partial charge in [0.1, 0.15) is 5.25 Å². The van der Waals surface area contributed by atoms with E-state index in [4.69, 9.17) is 5.11 Å². The molecule has 2 rings (SSSR count). The number of nitrogens with one attached hydrogen (secondary N) is 2. The van der Waals surface area contributed by atoms with Crippen molar-refractivity contribution in [3.63, 3.8) is 0 Å². The van der Waals surface area contributed by atoms with E-state index in [1.54, 1.807) is 35.7 Å². The molecule has 1 heterocycles. The zero-order valence-electron chi connectivity index (χ0n) is 13.2. The molecule has 25 heavy (non-hydrogen) atoms. The third-order valence-corrected chi connectivity index (χ3v) is 6.59. The first-order chi connectivity index (χ1) is 12.0. The van der Waals surface area contributed by atoms with Crippen molar-refractivity contribution >= 4 is 33.0 Å². The molecule has 134 valence electrons. The number of hydrogen-bond acceptors (Lipinski definition) is 6. The number of thiophene rings is 1. The lowest BCUT2D eigenvalue weighted by atomic mass is 10.3. The molecule has 0 saturated heterocycles. The maximum atomic E-state index is 12.9. The van der Waals surface area contributed by atoms with Crippen LogP contribution in [0.5, 0.6) is 0 Å². The van der Waals surface area contributed by atoms with Crippen LogP contribution in [-0.4, -0.2) is 45.0 Å². The second-order valence-corrected chi connectivity index (χ2v) is 8.16. The van der Waals surface area contributed by atoms with E-state index in [2.05, 4.69) is 10.6 Å². The van der Waals surface area contributed by atoms with Crippen molar-refractivity contribution in [1.29, 1.82) is 0 Å². The second kappa shape index (κ2) is 8.75. The largest absolute Gasteiger partial charge is 0.395 e. The lowest BCUT2D eigenvalue weighted by molar-refractivity contribution is -0.139. The monoisotopic (exact) mass is 382 g/mol. The molecular weight excluding hydrogens is 364 g/mol. The molecular formula is C16H18N2O5S2. The maximum Gasteiger partial charge on any atom is 0.309 e. The van der Waals surface area contributed by atoms with E-state index in [9.17, 15) is 18.0 Å². The van der Waals surface area contributed by atoms with Crippen molar-refractivity contribution in [1.82, 2.24) is 10.6 Å². The lowest BCUT2D eigenvalue weighted by Crippen LogP contribution is -2.43. The normalized spacial score (nSPS) is 12.4. The highest BCUT2D eigenvalue weighted by Crippen LogP contribution is 2.31. The number of aliphatic hydroxyl groups excluding tert-OH is 1. The molecule has 9 heteroatoms. The minimum atomic E-state index is -3.74. The second-order valence-electron chi connectivity index (χ2n) is 5.05. The number of carbonyl (C=O) groups excluding carboxylic acids is 2. The Morgan fingerprint density at radius 2 is 1.72 bits per heavy atom. The van der Waals surface area contributed by atoms with Crippen molar-refractivity contribution < 1.29 is 23.1 Å². The quantitative estimate of drug-likeness (QED) is 0.603. The molecule has 0 spiro atoms. The summed E-state index contributed by atoms with van der Waals surface area (Å²) >= 11 is 1.26. The van der Waals surface area contributed by atoms with Crippen molar-refractivity contribution in [2.24, 2.45) is 0 Å². The first kappa shape index (κ1) is 19.1. The summed E-state index contributed by atoms with van der Waals surface area (Å²) in [5.74, 6) is -1.87. The van der Waals surface area contributed by atoms with E-state index in [1.165, 1.54) is 23.5 Å². The van der Waals surface area contributed by atoms with Gasteiger partial charge in [0, 0.05) is 18.0 Å². The van der Waals surface area contributed by atoms with Gasteiger partial charge in [-0.1, -0.05) is 24.3 Å². The number of amides is 2. The Morgan fingerprint density at radius 3 is 2.32 bits per heavy atom. The van der Waals surface area contributed by atoms with Crippen molar-refractivity contribution in [2.75, 3.05) is 19.7 Å². The van der Waals surface area contributed by atoms with Gasteiger partial charge in [0.2, 0.25) is 0 Å². The molecule has 0 bridgehead atoms. The summed E-state index contributed by atoms with van der Waals surface area (Å²) in [6.07, 6.45) is 0.